The van der Waals surface area contributed by atoms with Crippen molar-refractivity contribution < 1.29 is 18.0 Å². The molecule has 4 rings (SSSR count). The smallest absolute Gasteiger partial charge is 0.325 e. The molecule has 0 aliphatic heterocycles. The van der Waals surface area contributed by atoms with E-state index in [0.29, 0.717) is 33.2 Å². The minimum Gasteiger partial charge on any atom is -0.325 e. The molecule has 0 saturated carbocycles. The molecule has 0 aliphatic carbocycles. The maximum atomic E-state index is 13.5. The number of imidazole rings is 1. The summed E-state index contributed by atoms with van der Waals surface area (Å²) >= 11 is 6.22. The maximum Gasteiger partial charge on any atom is 0.418 e. The van der Waals surface area contributed by atoms with E-state index >= 15 is 0 Å². The summed E-state index contributed by atoms with van der Waals surface area (Å²) in [4.78, 5) is 20.9. The van der Waals surface area contributed by atoms with Gasteiger partial charge in [-0.1, -0.05) is 38.4 Å². The minimum absolute atomic E-state index is 0.326. The third kappa shape index (κ3) is 4.68. The summed E-state index contributed by atoms with van der Waals surface area (Å²) in [5.41, 5.74) is 0.375. The number of hydrogen-bond acceptors (Lipinski definition) is 4. The zero-order valence-corrected chi connectivity index (χ0v) is 18.7. The first-order valence-electron chi connectivity index (χ1n) is 9.93. The van der Waals surface area contributed by atoms with E-state index in [9.17, 15) is 18.0 Å². The molecule has 33 heavy (non-hydrogen) atoms. The second kappa shape index (κ2) is 8.15. The molecule has 10 heteroatoms. The fourth-order valence-electron chi connectivity index (χ4n) is 3.09. The van der Waals surface area contributed by atoms with E-state index in [2.05, 4.69) is 20.4 Å². The van der Waals surface area contributed by atoms with Gasteiger partial charge in [-0.15, -0.1) is 0 Å². The first-order chi connectivity index (χ1) is 15.4. The van der Waals surface area contributed by atoms with Crippen LogP contribution in [0.2, 0.25) is 5.02 Å². The summed E-state index contributed by atoms with van der Waals surface area (Å²) in [6.45, 7) is 4.87. The molecule has 3 heterocycles. The maximum absolute atomic E-state index is 13.5. The number of aromatic nitrogens is 4. The highest BCUT2D eigenvalue weighted by atomic mass is 35.5. The number of anilines is 1. The van der Waals surface area contributed by atoms with Gasteiger partial charge in [0.1, 0.15) is 0 Å². The van der Waals surface area contributed by atoms with Crippen LogP contribution in [0.25, 0.3) is 28.2 Å². The van der Waals surface area contributed by atoms with Gasteiger partial charge in [-0.2, -0.15) is 18.3 Å². The van der Waals surface area contributed by atoms with E-state index in [4.69, 9.17) is 11.6 Å². The fourth-order valence-corrected chi connectivity index (χ4v) is 3.30. The van der Waals surface area contributed by atoms with Gasteiger partial charge in [0, 0.05) is 28.9 Å². The van der Waals surface area contributed by atoms with Crippen molar-refractivity contribution in [1.29, 1.82) is 0 Å². The molecular formula is C23H19ClF3N5O. The van der Waals surface area contributed by atoms with Gasteiger partial charge in [0.05, 0.1) is 33.9 Å². The van der Waals surface area contributed by atoms with Crippen molar-refractivity contribution in [3.63, 3.8) is 0 Å². The Morgan fingerprint density at radius 2 is 1.82 bits per heavy atom. The lowest BCUT2D eigenvalue weighted by Crippen LogP contribution is -2.28. The average molecular weight is 474 g/mol. The SMILES string of the molecule is CC(C)(C)C(=O)Nc1cc(-c2cn3nc(-c4cnccc4Cl)ccc3n2)ccc1C(F)(F)F. The number of pyridine rings is 1. The molecule has 0 radical (unpaired) electrons. The van der Waals surface area contributed by atoms with Crippen molar-refractivity contribution in [2.45, 2.75) is 26.9 Å². The number of hydrogen-bond donors (Lipinski definition) is 1. The number of alkyl halides is 3. The number of nitrogens with one attached hydrogen (secondary N) is 1. The van der Waals surface area contributed by atoms with Gasteiger partial charge in [-0.05, 0) is 30.3 Å². The Bertz CT molecular complexity index is 1360. The quantitative estimate of drug-likeness (QED) is 0.389. The lowest BCUT2D eigenvalue weighted by molar-refractivity contribution is -0.137. The Balaban J connectivity index is 1.76. The van der Waals surface area contributed by atoms with Crippen molar-refractivity contribution in [3.8, 4) is 22.5 Å². The lowest BCUT2D eigenvalue weighted by atomic mass is 9.95. The number of halogens is 4. The van der Waals surface area contributed by atoms with Crippen LogP contribution in [0.4, 0.5) is 18.9 Å². The van der Waals surface area contributed by atoms with Gasteiger partial charge < -0.3 is 5.32 Å². The molecule has 0 atom stereocenters. The zero-order valence-electron chi connectivity index (χ0n) is 17.9. The van der Waals surface area contributed by atoms with Gasteiger partial charge >= 0.3 is 6.18 Å². The van der Waals surface area contributed by atoms with Crippen LogP contribution >= 0.6 is 11.6 Å². The van der Waals surface area contributed by atoms with E-state index in [1.807, 2.05) is 0 Å². The third-order valence-electron chi connectivity index (χ3n) is 4.91. The topological polar surface area (TPSA) is 72.2 Å². The molecule has 0 saturated heterocycles. The van der Waals surface area contributed by atoms with E-state index < -0.39 is 23.1 Å². The minimum atomic E-state index is -4.63. The van der Waals surface area contributed by atoms with Crippen molar-refractivity contribution in [1.82, 2.24) is 19.6 Å². The zero-order chi connectivity index (χ0) is 24.0. The lowest BCUT2D eigenvalue weighted by Gasteiger charge is -2.20. The fraction of sp³-hybridized carbons (Fsp3) is 0.217. The summed E-state index contributed by atoms with van der Waals surface area (Å²) < 4.78 is 42.1. The summed E-state index contributed by atoms with van der Waals surface area (Å²) in [6.07, 6.45) is 0.132. The third-order valence-corrected chi connectivity index (χ3v) is 5.24. The predicted octanol–water partition coefficient (Wildman–Crippen LogP) is 6.12. The highest BCUT2D eigenvalue weighted by Gasteiger charge is 2.35. The largest absolute Gasteiger partial charge is 0.418 e. The molecule has 1 N–H and O–H groups in total. The highest BCUT2D eigenvalue weighted by Crippen LogP contribution is 2.38. The normalized spacial score (nSPS) is 12.2. The Morgan fingerprint density at radius 1 is 1.06 bits per heavy atom. The molecule has 0 fully saturated rings. The van der Waals surface area contributed by atoms with Crippen molar-refractivity contribution >= 4 is 28.8 Å². The summed E-state index contributed by atoms with van der Waals surface area (Å²) in [6, 6.07) is 8.63. The van der Waals surface area contributed by atoms with Crippen LogP contribution in [-0.4, -0.2) is 25.5 Å². The highest BCUT2D eigenvalue weighted by molar-refractivity contribution is 6.33. The van der Waals surface area contributed by atoms with Crippen LogP contribution in [0.5, 0.6) is 0 Å². The Hall–Kier alpha value is -3.46. The van der Waals surface area contributed by atoms with Gasteiger partial charge in [0.25, 0.3) is 0 Å². The molecule has 0 aliphatic rings. The number of benzene rings is 1. The van der Waals surface area contributed by atoms with Crippen LogP contribution in [0.3, 0.4) is 0 Å². The number of rotatable bonds is 3. The average Bonchev–Trinajstić information content (AvgIpc) is 3.16. The van der Waals surface area contributed by atoms with Crippen LogP contribution in [-0.2, 0) is 11.0 Å². The predicted molar refractivity (Wildman–Crippen MR) is 120 cm³/mol. The molecule has 1 amide bonds. The van der Waals surface area contributed by atoms with Crippen LogP contribution < -0.4 is 5.32 Å². The van der Waals surface area contributed by atoms with Crippen LogP contribution in [0.15, 0.2) is 55.0 Å². The number of carbonyl (C=O) groups excluding carboxylic acids is 1. The molecule has 170 valence electrons. The molecule has 6 nitrogen and oxygen atoms in total. The second-order valence-electron chi connectivity index (χ2n) is 8.47. The number of fused-ring (bicyclic) bond motifs is 1. The summed E-state index contributed by atoms with van der Waals surface area (Å²) in [5, 5.41) is 7.38. The number of nitrogens with zero attached hydrogens (tertiary/aromatic N) is 4. The van der Waals surface area contributed by atoms with E-state index in [0.717, 1.165) is 6.07 Å². The van der Waals surface area contributed by atoms with E-state index in [1.165, 1.54) is 16.6 Å². The standard InChI is InChI=1S/C23H19ClF3N5O/c1-22(2,3)21(33)30-18-10-13(4-5-15(18)23(25,26)27)19-12-32-20(29-19)7-6-17(31-32)14-11-28-9-8-16(14)24/h4-12H,1-3H3,(H,30,33). The molecule has 4 aromatic rings. The summed E-state index contributed by atoms with van der Waals surface area (Å²) in [5.74, 6) is -0.528. The van der Waals surface area contributed by atoms with Crippen LogP contribution in [0, 0.1) is 5.41 Å². The molecule has 3 aromatic heterocycles. The Labute approximate surface area is 192 Å². The van der Waals surface area contributed by atoms with Gasteiger partial charge in [-0.3, -0.25) is 9.78 Å². The van der Waals surface area contributed by atoms with Crippen LogP contribution in [0.1, 0.15) is 26.3 Å². The van der Waals surface area contributed by atoms with Crippen molar-refractivity contribution in [3.05, 3.63) is 65.6 Å². The molecule has 0 spiro atoms. The van der Waals surface area contributed by atoms with E-state index in [-0.39, 0.29) is 5.69 Å². The van der Waals surface area contributed by atoms with Gasteiger partial charge in [0.15, 0.2) is 5.65 Å². The monoisotopic (exact) mass is 473 g/mol. The Kier molecular flexibility index (Phi) is 5.61. The molecule has 0 bridgehead atoms. The number of carbonyl (C=O) groups is 1. The first kappa shape index (κ1) is 22.7. The second-order valence-corrected chi connectivity index (χ2v) is 8.87. The number of amides is 1. The van der Waals surface area contributed by atoms with Gasteiger partial charge in [-0.25, -0.2) is 9.50 Å². The van der Waals surface area contributed by atoms with Gasteiger partial charge in [0.2, 0.25) is 5.91 Å². The molecule has 0 unspecified atom stereocenters. The molecular weight excluding hydrogens is 455 g/mol. The molecule has 1 aromatic carbocycles. The Morgan fingerprint density at radius 3 is 2.48 bits per heavy atom. The summed E-state index contributed by atoms with van der Waals surface area (Å²) in [7, 11) is 0. The van der Waals surface area contributed by atoms with Crippen molar-refractivity contribution in [2.75, 3.05) is 5.32 Å². The van der Waals surface area contributed by atoms with E-state index in [1.54, 1.807) is 57.6 Å². The first-order valence-corrected chi connectivity index (χ1v) is 10.3. The van der Waals surface area contributed by atoms with Crippen molar-refractivity contribution in [2.24, 2.45) is 5.41 Å².